The van der Waals surface area contributed by atoms with Crippen molar-refractivity contribution in [3.63, 3.8) is 0 Å². The number of aliphatic carboxylic acids is 1. The second-order valence-corrected chi connectivity index (χ2v) is 5.74. The smallest absolute Gasteiger partial charge is 0.307 e. The molecule has 1 aliphatic rings. The van der Waals surface area contributed by atoms with E-state index in [0.29, 0.717) is 12.8 Å². The average Bonchev–Trinajstić information content (AvgIpc) is 2.39. The topological polar surface area (TPSA) is 66.4 Å². The monoisotopic (exact) mass is 269 g/mol. The standard InChI is InChI=1S/C15H27NO3/c1-3-4-5-8-11(2)16-14(17)12-9-6-7-10-13(12)15(18)19/h11-13H,3-10H2,1-2H3,(H,16,17)(H,18,19)/t11?,12-,13+/m1/s1. The van der Waals surface area contributed by atoms with E-state index in [1.54, 1.807) is 0 Å². The van der Waals surface area contributed by atoms with E-state index in [2.05, 4.69) is 12.2 Å². The molecule has 110 valence electrons. The average molecular weight is 269 g/mol. The third-order valence-corrected chi connectivity index (χ3v) is 4.05. The van der Waals surface area contributed by atoms with Gasteiger partial charge in [-0.05, 0) is 26.2 Å². The van der Waals surface area contributed by atoms with Crippen molar-refractivity contribution in [3.8, 4) is 0 Å². The number of nitrogens with one attached hydrogen (secondary N) is 1. The Hall–Kier alpha value is -1.06. The second-order valence-electron chi connectivity index (χ2n) is 5.74. The predicted octanol–water partition coefficient (Wildman–Crippen LogP) is 2.96. The van der Waals surface area contributed by atoms with Crippen molar-refractivity contribution in [3.05, 3.63) is 0 Å². The van der Waals surface area contributed by atoms with Gasteiger partial charge >= 0.3 is 5.97 Å². The highest BCUT2D eigenvalue weighted by Crippen LogP contribution is 2.30. The molecule has 1 unspecified atom stereocenters. The fraction of sp³-hybridized carbons (Fsp3) is 0.867. The predicted molar refractivity (Wildman–Crippen MR) is 74.8 cm³/mol. The molecule has 1 rings (SSSR count). The molecule has 1 amide bonds. The van der Waals surface area contributed by atoms with Crippen molar-refractivity contribution < 1.29 is 14.7 Å². The lowest BCUT2D eigenvalue weighted by atomic mass is 9.78. The number of carboxylic acid groups (broad SMARTS) is 1. The molecule has 1 aliphatic carbocycles. The minimum atomic E-state index is -0.821. The van der Waals surface area contributed by atoms with E-state index in [1.165, 1.54) is 12.8 Å². The summed E-state index contributed by atoms with van der Waals surface area (Å²) in [5.74, 6) is -1.70. The molecule has 0 radical (unpaired) electrons. The summed E-state index contributed by atoms with van der Waals surface area (Å²) in [6.45, 7) is 4.16. The Balaban J connectivity index is 2.43. The zero-order valence-electron chi connectivity index (χ0n) is 12.2. The first-order valence-corrected chi connectivity index (χ1v) is 7.59. The highest BCUT2D eigenvalue weighted by atomic mass is 16.4. The Labute approximate surface area is 116 Å². The summed E-state index contributed by atoms with van der Waals surface area (Å²) < 4.78 is 0. The third-order valence-electron chi connectivity index (χ3n) is 4.05. The van der Waals surface area contributed by atoms with E-state index in [9.17, 15) is 14.7 Å². The van der Waals surface area contributed by atoms with Crippen molar-refractivity contribution >= 4 is 11.9 Å². The number of unbranched alkanes of at least 4 members (excludes halogenated alkanes) is 2. The van der Waals surface area contributed by atoms with Crippen LogP contribution in [-0.2, 0) is 9.59 Å². The Bertz CT molecular complexity index is 304. The van der Waals surface area contributed by atoms with Gasteiger partial charge in [-0.3, -0.25) is 9.59 Å². The Morgan fingerprint density at radius 3 is 2.42 bits per heavy atom. The lowest BCUT2D eigenvalue weighted by Gasteiger charge is -2.28. The van der Waals surface area contributed by atoms with Crippen LogP contribution in [0.15, 0.2) is 0 Å². The molecule has 0 spiro atoms. The summed E-state index contributed by atoms with van der Waals surface area (Å²) in [6.07, 6.45) is 7.68. The van der Waals surface area contributed by atoms with Gasteiger partial charge in [0, 0.05) is 6.04 Å². The van der Waals surface area contributed by atoms with E-state index >= 15 is 0 Å². The van der Waals surface area contributed by atoms with Crippen molar-refractivity contribution in [2.45, 2.75) is 71.3 Å². The van der Waals surface area contributed by atoms with Crippen LogP contribution in [0, 0.1) is 11.8 Å². The summed E-state index contributed by atoms with van der Waals surface area (Å²) in [4.78, 5) is 23.4. The molecule has 0 aromatic heterocycles. The van der Waals surface area contributed by atoms with Gasteiger partial charge in [-0.25, -0.2) is 0 Å². The zero-order valence-corrected chi connectivity index (χ0v) is 12.2. The molecule has 0 heterocycles. The fourth-order valence-corrected chi connectivity index (χ4v) is 2.86. The maximum atomic E-state index is 12.2. The lowest BCUT2D eigenvalue weighted by Crippen LogP contribution is -2.43. The van der Waals surface area contributed by atoms with Crippen molar-refractivity contribution in [1.82, 2.24) is 5.32 Å². The van der Waals surface area contributed by atoms with Crippen LogP contribution < -0.4 is 5.32 Å². The van der Waals surface area contributed by atoms with E-state index in [-0.39, 0.29) is 17.9 Å². The summed E-state index contributed by atoms with van der Waals surface area (Å²) in [5, 5.41) is 12.2. The number of amides is 1. The third kappa shape index (κ3) is 5.21. The lowest BCUT2D eigenvalue weighted by molar-refractivity contribution is -0.149. The first-order chi connectivity index (χ1) is 9.06. The van der Waals surface area contributed by atoms with Crippen molar-refractivity contribution in [2.24, 2.45) is 11.8 Å². The summed E-state index contributed by atoms with van der Waals surface area (Å²) >= 11 is 0. The largest absolute Gasteiger partial charge is 0.481 e. The number of hydrogen-bond donors (Lipinski definition) is 2. The van der Waals surface area contributed by atoms with Crippen LogP contribution in [-0.4, -0.2) is 23.0 Å². The molecule has 19 heavy (non-hydrogen) atoms. The van der Waals surface area contributed by atoms with Crippen LogP contribution in [0.3, 0.4) is 0 Å². The Kier molecular flexibility index (Phi) is 6.89. The van der Waals surface area contributed by atoms with Gasteiger partial charge < -0.3 is 10.4 Å². The molecule has 0 aliphatic heterocycles. The van der Waals surface area contributed by atoms with E-state index in [0.717, 1.165) is 25.7 Å². The van der Waals surface area contributed by atoms with Gasteiger partial charge in [0.25, 0.3) is 0 Å². The molecule has 0 aromatic rings. The number of rotatable bonds is 7. The Morgan fingerprint density at radius 1 is 1.21 bits per heavy atom. The van der Waals surface area contributed by atoms with E-state index in [1.807, 2.05) is 6.92 Å². The van der Waals surface area contributed by atoms with E-state index in [4.69, 9.17) is 0 Å². The van der Waals surface area contributed by atoms with Crippen LogP contribution in [0.5, 0.6) is 0 Å². The zero-order chi connectivity index (χ0) is 14.3. The summed E-state index contributed by atoms with van der Waals surface area (Å²) in [6, 6.07) is 0.149. The fourth-order valence-electron chi connectivity index (χ4n) is 2.86. The number of carboxylic acids is 1. The number of hydrogen-bond acceptors (Lipinski definition) is 2. The number of carbonyl (C=O) groups is 2. The molecule has 0 aromatic carbocycles. The first-order valence-electron chi connectivity index (χ1n) is 7.59. The minimum absolute atomic E-state index is 0.0592. The second kappa shape index (κ2) is 8.18. The molecule has 2 N–H and O–H groups in total. The first kappa shape index (κ1) is 16.0. The molecule has 1 fully saturated rings. The molecule has 3 atom stereocenters. The molecule has 4 nitrogen and oxygen atoms in total. The quantitative estimate of drug-likeness (QED) is 0.698. The van der Waals surface area contributed by atoms with Crippen molar-refractivity contribution in [1.29, 1.82) is 0 Å². The Morgan fingerprint density at radius 2 is 1.84 bits per heavy atom. The van der Waals surface area contributed by atoms with Gasteiger partial charge in [0.15, 0.2) is 0 Å². The van der Waals surface area contributed by atoms with Crippen LogP contribution >= 0.6 is 0 Å². The molecular formula is C15H27NO3. The van der Waals surface area contributed by atoms with Crippen LogP contribution in [0.1, 0.15) is 65.2 Å². The molecule has 0 saturated heterocycles. The van der Waals surface area contributed by atoms with Gasteiger partial charge in [-0.1, -0.05) is 39.0 Å². The number of carbonyl (C=O) groups excluding carboxylic acids is 1. The van der Waals surface area contributed by atoms with Crippen LogP contribution in [0.25, 0.3) is 0 Å². The maximum Gasteiger partial charge on any atom is 0.307 e. The van der Waals surface area contributed by atoms with Gasteiger partial charge in [0.2, 0.25) is 5.91 Å². The van der Waals surface area contributed by atoms with Crippen LogP contribution in [0.2, 0.25) is 0 Å². The molecule has 0 bridgehead atoms. The van der Waals surface area contributed by atoms with E-state index < -0.39 is 11.9 Å². The van der Waals surface area contributed by atoms with Crippen molar-refractivity contribution in [2.75, 3.05) is 0 Å². The molecular weight excluding hydrogens is 242 g/mol. The summed E-state index contributed by atoms with van der Waals surface area (Å²) in [5.41, 5.74) is 0. The highest BCUT2D eigenvalue weighted by Gasteiger charge is 2.35. The normalized spacial score (nSPS) is 24.7. The summed E-state index contributed by atoms with van der Waals surface area (Å²) in [7, 11) is 0. The van der Waals surface area contributed by atoms with Gasteiger partial charge in [-0.2, -0.15) is 0 Å². The van der Waals surface area contributed by atoms with Gasteiger partial charge in [0.05, 0.1) is 11.8 Å². The SMILES string of the molecule is CCCCCC(C)NC(=O)[C@@H]1CCCC[C@@H]1C(=O)O. The van der Waals surface area contributed by atoms with Crippen LogP contribution in [0.4, 0.5) is 0 Å². The van der Waals surface area contributed by atoms with Gasteiger partial charge in [-0.15, -0.1) is 0 Å². The highest BCUT2D eigenvalue weighted by molar-refractivity contribution is 5.85. The maximum absolute atomic E-state index is 12.2. The minimum Gasteiger partial charge on any atom is -0.481 e. The van der Waals surface area contributed by atoms with Gasteiger partial charge in [0.1, 0.15) is 0 Å². The molecule has 1 saturated carbocycles. The molecule has 4 heteroatoms.